The number of hydrogen-bond acceptors (Lipinski definition) is 8. The Balaban J connectivity index is 2.10. The van der Waals surface area contributed by atoms with Crippen molar-refractivity contribution >= 4 is 35.0 Å². The summed E-state index contributed by atoms with van der Waals surface area (Å²) in [7, 11) is 3.04. The highest BCUT2D eigenvalue weighted by molar-refractivity contribution is 8.15. The maximum atomic E-state index is 11.5. The molecule has 1 atom stereocenters. The number of nitrogens with one attached hydrogen (secondary N) is 1. The predicted molar refractivity (Wildman–Crippen MR) is 83.7 cm³/mol. The Morgan fingerprint density at radius 3 is 2.87 bits per heavy atom. The van der Waals surface area contributed by atoms with Crippen LogP contribution in [0.3, 0.4) is 0 Å². The van der Waals surface area contributed by atoms with Crippen molar-refractivity contribution in [3.63, 3.8) is 0 Å². The lowest BCUT2D eigenvalue weighted by atomic mass is 10.2. The van der Waals surface area contributed by atoms with Crippen LogP contribution in [-0.2, 0) is 9.59 Å². The summed E-state index contributed by atoms with van der Waals surface area (Å²) in [5.41, 5.74) is 0.650. The number of amidine groups is 1. The number of carboxylic acid groups (broad SMARTS) is 1. The first-order valence-electron chi connectivity index (χ1n) is 6.54. The second-order valence-corrected chi connectivity index (χ2v) is 5.60. The van der Waals surface area contributed by atoms with E-state index in [0.717, 1.165) is 11.8 Å². The molecule has 0 spiro atoms. The van der Waals surface area contributed by atoms with Crippen molar-refractivity contribution < 1.29 is 24.2 Å². The zero-order valence-corrected chi connectivity index (χ0v) is 13.3. The van der Waals surface area contributed by atoms with E-state index in [1.54, 1.807) is 18.2 Å². The number of carboxylic acids is 1. The third-order valence-corrected chi connectivity index (χ3v) is 3.98. The molecule has 0 radical (unpaired) electrons. The zero-order chi connectivity index (χ0) is 16.8. The number of hydrogen-bond donors (Lipinski definition) is 1. The highest BCUT2D eigenvalue weighted by atomic mass is 32.2. The van der Waals surface area contributed by atoms with Crippen molar-refractivity contribution in [3.8, 4) is 11.5 Å². The number of carbonyl (C=O) groups is 2. The molecule has 1 amide bonds. The Hall–Kier alpha value is -2.55. The number of carbonyl (C=O) groups excluding carboxylic acids is 2. The van der Waals surface area contributed by atoms with Gasteiger partial charge in [-0.2, -0.15) is 5.10 Å². The van der Waals surface area contributed by atoms with Gasteiger partial charge in [0, 0.05) is 18.0 Å². The van der Waals surface area contributed by atoms with Crippen molar-refractivity contribution in [1.29, 1.82) is 0 Å². The van der Waals surface area contributed by atoms with E-state index in [1.165, 1.54) is 20.4 Å². The second-order valence-electron chi connectivity index (χ2n) is 4.40. The van der Waals surface area contributed by atoms with E-state index in [0.29, 0.717) is 17.1 Å². The maximum absolute atomic E-state index is 11.5. The van der Waals surface area contributed by atoms with E-state index in [1.807, 2.05) is 0 Å². The van der Waals surface area contributed by atoms with Gasteiger partial charge in [-0.3, -0.25) is 4.79 Å². The molecule has 0 saturated carbocycles. The maximum Gasteiger partial charge on any atom is 0.239 e. The molecule has 1 fully saturated rings. The smallest absolute Gasteiger partial charge is 0.239 e. The molecule has 1 aliphatic rings. The monoisotopic (exact) mass is 336 g/mol. The van der Waals surface area contributed by atoms with E-state index in [4.69, 9.17) is 9.47 Å². The second kappa shape index (κ2) is 7.63. The number of rotatable bonds is 6. The molecule has 0 aliphatic carbocycles. The number of thioether (sulfide) groups is 1. The number of nitrogens with zero attached hydrogens (tertiary/aromatic N) is 2. The normalized spacial score (nSPS) is 19.1. The number of benzene rings is 1. The van der Waals surface area contributed by atoms with Crippen LogP contribution in [0, 0.1) is 0 Å². The molecule has 2 rings (SSSR count). The molecular weight excluding hydrogens is 322 g/mol. The van der Waals surface area contributed by atoms with E-state index in [2.05, 4.69) is 15.5 Å². The fraction of sp³-hybridized carbons (Fsp3) is 0.286. The quantitative estimate of drug-likeness (QED) is 0.567. The lowest BCUT2D eigenvalue weighted by Crippen LogP contribution is -2.31. The molecule has 1 aromatic carbocycles. The lowest BCUT2D eigenvalue weighted by molar-refractivity contribution is -0.305. The van der Waals surface area contributed by atoms with Gasteiger partial charge >= 0.3 is 0 Å². The van der Waals surface area contributed by atoms with Crippen molar-refractivity contribution in [3.05, 3.63) is 23.8 Å². The van der Waals surface area contributed by atoms with Crippen molar-refractivity contribution in [2.45, 2.75) is 11.7 Å². The van der Waals surface area contributed by atoms with Gasteiger partial charge in [0.05, 0.1) is 25.7 Å². The van der Waals surface area contributed by atoms with E-state index < -0.39 is 17.1 Å². The lowest BCUT2D eigenvalue weighted by Gasteiger charge is -2.08. The minimum absolute atomic E-state index is 0.236. The van der Waals surface area contributed by atoms with Crippen LogP contribution in [-0.4, -0.2) is 42.7 Å². The van der Waals surface area contributed by atoms with Gasteiger partial charge in [-0.1, -0.05) is 17.8 Å². The van der Waals surface area contributed by atoms with Crippen LogP contribution in [0.5, 0.6) is 11.5 Å². The molecule has 0 bridgehead atoms. The van der Waals surface area contributed by atoms with E-state index in [-0.39, 0.29) is 11.6 Å². The third-order valence-electron chi connectivity index (χ3n) is 2.91. The topological polar surface area (TPSA) is 112 Å². The molecular formula is C14H14N3O5S-. The van der Waals surface area contributed by atoms with Gasteiger partial charge in [0.2, 0.25) is 5.91 Å². The van der Waals surface area contributed by atoms with Crippen LogP contribution in [0.15, 0.2) is 28.4 Å². The summed E-state index contributed by atoms with van der Waals surface area (Å²) in [5.74, 6) is -0.644. The third kappa shape index (κ3) is 4.22. The predicted octanol–water partition coefficient (Wildman–Crippen LogP) is -0.235. The Labute approximate surface area is 136 Å². The first-order chi connectivity index (χ1) is 11.0. The Kier molecular flexibility index (Phi) is 5.58. The van der Waals surface area contributed by atoms with Gasteiger partial charge in [0.15, 0.2) is 16.7 Å². The van der Waals surface area contributed by atoms with Gasteiger partial charge in [-0.05, 0) is 12.1 Å². The van der Waals surface area contributed by atoms with Crippen LogP contribution in [0.4, 0.5) is 0 Å². The largest absolute Gasteiger partial charge is 0.550 e. The highest BCUT2D eigenvalue weighted by Gasteiger charge is 2.30. The molecule has 0 aromatic heterocycles. The molecule has 1 heterocycles. The number of aliphatic carboxylic acids is 1. The SMILES string of the molecule is COc1cccc(/C=N\N=C2\NC(=O)[C@@H](CC(=O)[O-])S2)c1OC. The van der Waals surface area contributed by atoms with Gasteiger partial charge in [-0.15, -0.1) is 5.10 Å². The molecule has 8 nitrogen and oxygen atoms in total. The van der Waals surface area contributed by atoms with Crippen LogP contribution in [0.2, 0.25) is 0 Å². The van der Waals surface area contributed by atoms with Gasteiger partial charge < -0.3 is 24.7 Å². The minimum atomic E-state index is -1.29. The first kappa shape index (κ1) is 16.8. The number of ether oxygens (including phenoxy) is 2. The zero-order valence-electron chi connectivity index (χ0n) is 12.4. The molecule has 122 valence electrons. The number of para-hydroxylation sites is 1. The fourth-order valence-electron chi connectivity index (χ4n) is 1.90. The first-order valence-corrected chi connectivity index (χ1v) is 7.42. The Morgan fingerprint density at radius 2 is 2.22 bits per heavy atom. The van der Waals surface area contributed by atoms with E-state index in [9.17, 15) is 14.7 Å². The van der Waals surface area contributed by atoms with Crippen LogP contribution >= 0.6 is 11.8 Å². The highest BCUT2D eigenvalue weighted by Crippen LogP contribution is 2.29. The van der Waals surface area contributed by atoms with Crippen molar-refractivity contribution in [1.82, 2.24) is 5.32 Å². The summed E-state index contributed by atoms with van der Waals surface area (Å²) in [6, 6.07) is 5.29. The van der Waals surface area contributed by atoms with Gasteiger partial charge in [-0.25, -0.2) is 0 Å². The van der Waals surface area contributed by atoms with Crippen LogP contribution < -0.4 is 19.9 Å². The number of methoxy groups -OCH3 is 2. The molecule has 9 heteroatoms. The van der Waals surface area contributed by atoms with Gasteiger partial charge in [0.25, 0.3) is 0 Å². The fourth-order valence-corrected chi connectivity index (χ4v) is 2.80. The number of amides is 1. The molecule has 1 aromatic rings. The molecule has 1 saturated heterocycles. The van der Waals surface area contributed by atoms with E-state index >= 15 is 0 Å². The Bertz CT molecular complexity index is 674. The van der Waals surface area contributed by atoms with Crippen molar-refractivity contribution in [2.24, 2.45) is 10.2 Å². The molecule has 0 unspecified atom stereocenters. The molecule has 1 N–H and O–H groups in total. The molecule has 1 aliphatic heterocycles. The summed E-state index contributed by atoms with van der Waals surface area (Å²) >= 11 is 0.999. The Morgan fingerprint density at radius 1 is 1.43 bits per heavy atom. The summed E-state index contributed by atoms with van der Waals surface area (Å²) in [4.78, 5) is 22.1. The standard InChI is InChI=1S/C14H15N3O5S/c1-21-9-5-3-4-8(12(9)22-2)7-15-17-14-16-13(20)10(23-14)6-11(18)19/h3-5,7,10H,6H2,1-2H3,(H,18,19)(H,16,17,20)/p-1/b15-7-/t10-/m1/s1. The van der Waals surface area contributed by atoms with Crippen LogP contribution in [0.1, 0.15) is 12.0 Å². The minimum Gasteiger partial charge on any atom is -0.550 e. The summed E-state index contributed by atoms with van der Waals surface area (Å²) in [6.45, 7) is 0. The average molecular weight is 336 g/mol. The average Bonchev–Trinajstić information content (AvgIpc) is 2.86. The molecule has 23 heavy (non-hydrogen) atoms. The summed E-state index contributed by atoms with van der Waals surface area (Å²) < 4.78 is 10.4. The van der Waals surface area contributed by atoms with Crippen LogP contribution in [0.25, 0.3) is 0 Å². The summed E-state index contributed by atoms with van der Waals surface area (Å²) in [5, 5.41) is 20.2. The summed E-state index contributed by atoms with van der Waals surface area (Å²) in [6.07, 6.45) is 1.08. The van der Waals surface area contributed by atoms with Gasteiger partial charge in [0.1, 0.15) is 0 Å². The van der Waals surface area contributed by atoms with Crippen molar-refractivity contribution in [2.75, 3.05) is 14.2 Å².